The molecule has 1 aromatic carbocycles. The van der Waals surface area contributed by atoms with Crippen LogP contribution in [0.5, 0.6) is 5.75 Å². The van der Waals surface area contributed by atoms with Crippen LogP contribution in [0, 0.1) is 6.92 Å². The van der Waals surface area contributed by atoms with Crippen molar-refractivity contribution in [2.24, 2.45) is 0 Å². The van der Waals surface area contributed by atoms with Crippen LogP contribution < -0.4 is 10.1 Å². The molecule has 1 heterocycles. The molecule has 0 unspecified atom stereocenters. The van der Waals surface area contributed by atoms with E-state index in [0.29, 0.717) is 19.3 Å². The fraction of sp³-hybridized carbons (Fsp3) is 0.476. The number of nitrogens with one attached hydrogen (secondary N) is 2. The second-order valence-corrected chi connectivity index (χ2v) is 7.08. The molecule has 0 radical (unpaired) electrons. The molecule has 1 aromatic heterocycles. The molecule has 0 bridgehead atoms. The summed E-state index contributed by atoms with van der Waals surface area (Å²) < 4.78 is 5.22. The van der Waals surface area contributed by atoms with E-state index in [9.17, 15) is 19.5 Å². The van der Waals surface area contributed by atoms with E-state index in [4.69, 9.17) is 4.74 Å². The minimum atomic E-state index is -1.04. The van der Waals surface area contributed by atoms with Gasteiger partial charge in [0.05, 0.1) is 13.5 Å². The lowest BCUT2D eigenvalue weighted by Gasteiger charge is -2.14. The molecule has 7 nitrogen and oxygen atoms in total. The first kappa shape index (κ1) is 21.5. The average Bonchev–Trinajstić information content (AvgIpc) is 2.94. The zero-order chi connectivity index (χ0) is 20.7. The molecule has 3 N–H and O–H groups in total. The zero-order valence-corrected chi connectivity index (χ0v) is 16.6. The number of ether oxygens (including phenoxy) is 1. The van der Waals surface area contributed by atoms with Crippen LogP contribution in [-0.4, -0.2) is 40.9 Å². The maximum absolute atomic E-state index is 12.5. The number of methoxy groups -OCH3 is 1. The highest BCUT2D eigenvalue weighted by molar-refractivity contribution is 5.92. The van der Waals surface area contributed by atoms with Gasteiger partial charge in [-0.3, -0.25) is 4.79 Å². The lowest BCUT2D eigenvalue weighted by molar-refractivity contribution is -0.142. The van der Waals surface area contributed by atoms with Crippen LogP contribution in [0.1, 0.15) is 50.3 Å². The molecule has 0 saturated carbocycles. The fourth-order valence-electron chi connectivity index (χ4n) is 3.29. The molecular weight excluding hydrogens is 360 g/mol. The molecule has 1 amide bonds. The SMILES string of the molecule is COc1ccc2c(CC(=O)N[C@@H](CCCCCC(C)=O)C(=O)O)c(C)[nH]c2c1. The number of aromatic nitrogens is 1. The van der Waals surface area contributed by atoms with Crippen LogP contribution in [0.2, 0.25) is 0 Å². The molecular formula is C21H28N2O5. The van der Waals surface area contributed by atoms with Gasteiger partial charge in [-0.25, -0.2) is 4.79 Å². The van der Waals surface area contributed by atoms with Gasteiger partial charge >= 0.3 is 5.97 Å². The van der Waals surface area contributed by atoms with Gasteiger partial charge in [-0.2, -0.15) is 0 Å². The first-order valence-corrected chi connectivity index (χ1v) is 9.48. The number of unbranched alkanes of at least 4 members (excludes halogenated alkanes) is 2. The second-order valence-electron chi connectivity index (χ2n) is 7.08. The standard InChI is InChI=1S/C21H28N2O5/c1-13(24)7-5-4-6-8-18(21(26)27)23-20(25)12-17-14(2)22-19-11-15(28-3)9-10-16(17)19/h9-11,18,22H,4-8,12H2,1-3H3,(H,23,25)(H,26,27)/t18-/m0/s1. The number of amides is 1. The Bertz CT molecular complexity index is 856. The molecule has 28 heavy (non-hydrogen) atoms. The van der Waals surface area contributed by atoms with E-state index in [1.54, 1.807) is 14.0 Å². The molecule has 152 valence electrons. The number of carboxylic acid groups (broad SMARTS) is 1. The van der Waals surface area contributed by atoms with Crippen molar-refractivity contribution >= 4 is 28.6 Å². The Kier molecular flexibility index (Phi) is 7.61. The summed E-state index contributed by atoms with van der Waals surface area (Å²) in [6, 6.07) is 4.67. The van der Waals surface area contributed by atoms with Crippen molar-refractivity contribution in [1.29, 1.82) is 0 Å². The summed E-state index contributed by atoms with van der Waals surface area (Å²) in [6.07, 6.45) is 3.12. The first-order valence-electron chi connectivity index (χ1n) is 9.48. The minimum absolute atomic E-state index is 0.103. The maximum Gasteiger partial charge on any atom is 0.326 e. The van der Waals surface area contributed by atoms with Gasteiger partial charge < -0.3 is 24.9 Å². The number of ketones is 1. The van der Waals surface area contributed by atoms with E-state index < -0.39 is 12.0 Å². The smallest absolute Gasteiger partial charge is 0.326 e. The van der Waals surface area contributed by atoms with Crippen molar-refractivity contribution in [3.8, 4) is 5.75 Å². The number of carbonyl (C=O) groups is 3. The van der Waals surface area contributed by atoms with Gasteiger partial charge in [0.25, 0.3) is 0 Å². The number of fused-ring (bicyclic) bond motifs is 1. The van der Waals surface area contributed by atoms with Crippen molar-refractivity contribution in [3.63, 3.8) is 0 Å². The van der Waals surface area contributed by atoms with Gasteiger partial charge in [0.1, 0.15) is 17.6 Å². The molecule has 0 aliphatic carbocycles. The maximum atomic E-state index is 12.5. The second kappa shape index (κ2) is 9.92. The van der Waals surface area contributed by atoms with Crippen LogP contribution in [0.4, 0.5) is 0 Å². The third-order valence-electron chi connectivity index (χ3n) is 4.82. The van der Waals surface area contributed by atoms with Crippen molar-refractivity contribution in [2.45, 2.75) is 58.4 Å². The lowest BCUT2D eigenvalue weighted by Crippen LogP contribution is -2.41. The van der Waals surface area contributed by atoms with E-state index in [2.05, 4.69) is 10.3 Å². The van der Waals surface area contributed by atoms with Gasteiger partial charge in [0, 0.05) is 29.1 Å². The Hall–Kier alpha value is -2.83. The third-order valence-corrected chi connectivity index (χ3v) is 4.82. The van der Waals surface area contributed by atoms with Crippen molar-refractivity contribution in [2.75, 3.05) is 7.11 Å². The predicted molar refractivity (Wildman–Crippen MR) is 107 cm³/mol. The number of rotatable bonds is 11. The molecule has 0 saturated heterocycles. The molecule has 2 aromatic rings. The molecule has 1 atom stereocenters. The average molecular weight is 388 g/mol. The van der Waals surface area contributed by atoms with Gasteiger partial charge in [-0.15, -0.1) is 0 Å². The number of benzene rings is 1. The van der Waals surface area contributed by atoms with E-state index in [0.717, 1.165) is 40.8 Å². The van der Waals surface area contributed by atoms with Crippen LogP contribution in [-0.2, 0) is 20.8 Å². The molecule has 0 aliphatic rings. The monoisotopic (exact) mass is 388 g/mol. The summed E-state index contributed by atoms with van der Waals surface area (Å²) >= 11 is 0. The minimum Gasteiger partial charge on any atom is -0.497 e. The Morgan fingerprint density at radius 1 is 1.21 bits per heavy atom. The number of aromatic amines is 1. The number of H-pyrrole nitrogens is 1. The highest BCUT2D eigenvalue weighted by Crippen LogP contribution is 2.26. The van der Waals surface area contributed by atoms with Crippen LogP contribution in [0.25, 0.3) is 10.9 Å². The summed E-state index contributed by atoms with van der Waals surface area (Å²) in [4.78, 5) is 38.1. The molecule has 0 spiro atoms. The molecule has 0 fully saturated rings. The Labute approximate surface area is 164 Å². The van der Waals surface area contributed by atoms with Crippen molar-refractivity contribution in [3.05, 3.63) is 29.5 Å². The summed E-state index contributed by atoms with van der Waals surface area (Å²) in [5, 5.41) is 12.9. The van der Waals surface area contributed by atoms with E-state index in [1.165, 1.54) is 0 Å². The Morgan fingerprint density at radius 3 is 2.61 bits per heavy atom. The Balaban J connectivity index is 1.97. The zero-order valence-electron chi connectivity index (χ0n) is 16.6. The van der Waals surface area contributed by atoms with Gasteiger partial charge in [-0.05, 0) is 44.4 Å². The highest BCUT2D eigenvalue weighted by atomic mass is 16.5. The summed E-state index contributed by atoms with van der Waals surface area (Å²) in [5.41, 5.74) is 2.59. The predicted octanol–water partition coefficient (Wildman–Crippen LogP) is 3.14. The van der Waals surface area contributed by atoms with E-state index >= 15 is 0 Å². The molecule has 2 rings (SSSR count). The number of aryl methyl sites for hydroxylation is 1. The third kappa shape index (κ3) is 5.84. The van der Waals surface area contributed by atoms with E-state index in [1.807, 2.05) is 25.1 Å². The largest absolute Gasteiger partial charge is 0.497 e. The van der Waals surface area contributed by atoms with Gasteiger partial charge in [0.2, 0.25) is 5.91 Å². The number of Topliss-reactive ketones (excluding diaryl/α,β-unsaturated/α-hetero) is 1. The normalized spacial score (nSPS) is 12.0. The first-order chi connectivity index (χ1) is 13.3. The van der Waals surface area contributed by atoms with Crippen LogP contribution >= 0.6 is 0 Å². The van der Waals surface area contributed by atoms with Crippen molar-refractivity contribution < 1.29 is 24.2 Å². The van der Waals surface area contributed by atoms with Crippen LogP contribution in [0.3, 0.4) is 0 Å². The van der Waals surface area contributed by atoms with E-state index in [-0.39, 0.29) is 18.1 Å². The quantitative estimate of drug-likeness (QED) is 0.513. The number of carboxylic acids is 1. The topological polar surface area (TPSA) is 108 Å². The van der Waals surface area contributed by atoms with Crippen LogP contribution in [0.15, 0.2) is 18.2 Å². The highest BCUT2D eigenvalue weighted by Gasteiger charge is 2.21. The number of carbonyl (C=O) groups excluding carboxylic acids is 2. The van der Waals surface area contributed by atoms with Gasteiger partial charge in [-0.1, -0.05) is 12.8 Å². The van der Waals surface area contributed by atoms with Crippen molar-refractivity contribution in [1.82, 2.24) is 10.3 Å². The van der Waals surface area contributed by atoms with Gasteiger partial charge in [0.15, 0.2) is 0 Å². The fourth-order valence-corrected chi connectivity index (χ4v) is 3.29. The summed E-state index contributed by atoms with van der Waals surface area (Å²) in [5.74, 6) is -0.508. The summed E-state index contributed by atoms with van der Waals surface area (Å²) in [6.45, 7) is 3.43. The summed E-state index contributed by atoms with van der Waals surface area (Å²) in [7, 11) is 1.59. The number of aliphatic carboxylic acids is 1. The Morgan fingerprint density at radius 2 is 1.96 bits per heavy atom. The lowest BCUT2D eigenvalue weighted by atomic mass is 10.0. The molecule has 7 heteroatoms. The number of hydrogen-bond acceptors (Lipinski definition) is 4. The molecule has 0 aliphatic heterocycles. The number of hydrogen-bond donors (Lipinski definition) is 3.